The first-order chi connectivity index (χ1) is 19.1. The van der Waals surface area contributed by atoms with Crippen molar-refractivity contribution in [3.8, 4) is 0 Å². The number of hydrogen-bond acceptors (Lipinski definition) is 5. The minimum absolute atomic E-state index is 0.111. The normalized spacial score (nSPS) is 26.4. The maximum atomic E-state index is 13.1. The third kappa shape index (κ3) is 6.93. The second-order valence-corrected chi connectivity index (χ2v) is 12.3. The number of amides is 2. The van der Waals surface area contributed by atoms with Crippen LogP contribution < -0.4 is 0 Å². The van der Waals surface area contributed by atoms with Crippen LogP contribution in [0.25, 0.3) is 0 Å². The van der Waals surface area contributed by atoms with Gasteiger partial charge in [0.05, 0.1) is 12.1 Å². The Morgan fingerprint density at radius 2 is 1.60 bits per heavy atom. The fraction of sp³-hybridized carbons (Fsp3) is 0.733. The highest BCUT2D eigenvalue weighted by atomic mass is 19.4. The number of carbonyl (C=O) groups excluding carboxylic acids is 2. The number of piperidine rings is 1. The van der Waals surface area contributed by atoms with Gasteiger partial charge in [0.2, 0.25) is 5.91 Å². The van der Waals surface area contributed by atoms with Crippen molar-refractivity contribution in [1.82, 2.24) is 19.6 Å². The summed E-state index contributed by atoms with van der Waals surface area (Å²) < 4.78 is 44.4. The molecule has 1 saturated carbocycles. The lowest BCUT2D eigenvalue weighted by Gasteiger charge is -2.38. The Morgan fingerprint density at radius 3 is 2.20 bits per heavy atom. The first-order valence-corrected chi connectivity index (χ1v) is 15.0. The highest BCUT2D eigenvalue weighted by Crippen LogP contribution is 2.37. The van der Waals surface area contributed by atoms with Crippen LogP contribution in [0.5, 0.6) is 0 Å². The summed E-state index contributed by atoms with van der Waals surface area (Å²) in [5, 5.41) is 0. The number of nitrogens with zero attached hydrogens (tertiary/aromatic N) is 4. The number of ether oxygens (including phenoxy) is 1. The van der Waals surface area contributed by atoms with Crippen molar-refractivity contribution in [1.29, 1.82) is 0 Å². The maximum absolute atomic E-state index is 13.1. The van der Waals surface area contributed by atoms with Crippen LogP contribution in [0.4, 0.5) is 18.0 Å². The van der Waals surface area contributed by atoms with Gasteiger partial charge in [0, 0.05) is 71.1 Å². The summed E-state index contributed by atoms with van der Waals surface area (Å²) in [7, 11) is 0. The van der Waals surface area contributed by atoms with E-state index in [9.17, 15) is 22.8 Å². The van der Waals surface area contributed by atoms with Crippen molar-refractivity contribution >= 4 is 12.0 Å². The Morgan fingerprint density at radius 1 is 0.950 bits per heavy atom. The van der Waals surface area contributed by atoms with E-state index in [-0.39, 0.29) is 12.0 Å². The van der Waals surface area contributed by atoms with Crippen molar-refractivity contribution in [2.75, 3.05) is 58.9 Å². The number of likely N-dealkylation sites (tertiary alicyclic amines) is 1. The Bertz CT molecular complexity index is 1010. The van der Waals surface area contributed by atoms with Gasteiger partial charge < -0.3 is 14.5 Å². The number of alkyl halides is 3. The van der Waals surface area contributed by atoms with E-state index in [0.29, 0.717) is 31.5 Å². The maximum Gasteiger partial charge on any atom is 0.416 e. The molecule has 40 heavy (non-hydrogen) atoms. The minimum Gasteiger partial charge on any atom is -0.441 e. The minimum atomic E-state index is -4.32. The zero-order valence-electron chi connectivity index (χ0n) is 23.6. The Kier molecular flexibility index (Phi) is 8.95. The Labute approximate surface area is 235 Å². The lowest BCUT2D eigenvalue weighted by molar-refractivity contribution is -0.139. The van der Waals surface area contributed by atoms with Crippen LogP contribution in [0.15, 0.2) is 24.3 Å². The average molecular weight is 565 g/mol. The fourth-order valence-corrected chi connectivity index (χ4v) is 6.94. The zero-order valence-corrected chi connectivity index (χ0v) is 23.6. The second kappa shape index (κ2) is 12.3. The van der Waals surface area contributed by atoms with E-state index >= 15 is 0 Å². The summed E-state index contributed by atoms with van der Waals surface area (Å²) in [6, 6.07) is 5.35. The first-order valence-electron chi connectivity index (χ1n) is 15.0. The van der Waals surface area contributed by atoms with Gasteiger partial charge >= 0.3 is 12.3 Å². The van der Waals surface area contributed by atoms with Crippen LogP contribution in [0.3, 0.4) is 0 Å². The number of hydrogen-bond donors (Lipinski definition) is 0. The van der Waals surface area contributed by atoms with E-state index in [2.05, 4.69) is 21.6 Å². The summed E-state index contributed by atoms with van der Waals surface area (Å²) >= 11 is 0. The summed E-state index contributed by atoms with van der Waals surface area (Å²) in [6.45, 7) is 10.3. The monoisotopic (exact) mass is 564 g/mol. The van der Waals surface area contributed by atoms with Crippen LogP contribution in [0.1, 0.15) is 63.0 Å². The molecule has 1 spiro atoms. The molecule has 0 radical (unpaired) electrons. The summed E-state index contributed by atoms with van der Waals surface area (Å²) in [5.74, 6) is 0.824. The van der Waals surface area contributed by atoms with Gasteiger partial charge in [-0.1, -0.05) is 19.1 Å². The van der Waals surface area contributed by atoms with Crippen molar-refractivity contribution in [2.24, 2.45) is 11.8 Å². The van der Waals surface area contributed by atoms with Crippen molar-refractivity contribution in [3.05, 3.63) is 35.4 Å². The van der Waals surface area contributed by atoms with Crippen LogP contribution in [0, 0.1) is 11.8 Å². The van der Waals surface area contributed by atoms with E-state index in [1.165, 1.54) is 0 Å². The lowest BCUT2D eigenvalue weighted by Crippen LogP contribution is -2.50. The molecule has 4 fully saturated rings. The summed E-state index contributed by atoms with van der Waals surface area (Å²) in [6.07, 6.45) is 1.75. The van der Waals surface area contributed by atoms with Gasteiger partial charge in [0.15, 0.2) is 0 Å². The quantitative estimate of drug-likeness (QED) is 0.474. The molecule has 2 amide bonds. The van der Waals surface area contributed by atoms with E-state index in [4.69, 9.17) is 4.74 Å². The molecule has 3 saturated heterocycles. The lowest BCUT2D eigenvalue weighted by atomic mass is 9.81. The largest absolute Gasteiger partial charge is 0.441 e. The molecule has 1 aliphatic carbocycles. The van der Waals surface area contributed by atoms with E-state index in [1.807, 2.05) is 4.90 Å². The zero-order chi connectivity index (χ0) is 28.3. The van der Waals surface area contributed by atoms with E-state index < -0.39 is 17.3 Å². The Balaban J connectivity index is 1.04. The molecule has 3 aliphatic heterocycles. The van der Waals surface area contributed by atoms with Crippen molar-refractivity contribution < 1.29 is 27.5 Å². The predicted molar refractivity (Wildman–Crippen MR) is 145 cm³/mol. The third-order valence-electron chi connectivity index (χ3n) is 9.39. The predicted octanol–water partition coefficient (Wildman–Crippen LogP) is 4.85. The van der Waals surface area contributed by atoms with Gasteiger partial charge in [-0.15, -0.1) is 0 Å². The third-order valence-corrected chi connectivity index (χ3v) is 9.39. The molecule has 1 aromatic carbocycles. The molecule has 5 rings (SSSR count). The van der Waals surface area contributed by atoms with Crippen LogP contribution in [-0.2, 0) is 22.3 Å². The van der Waals surface area contributed by atoms with E-state index in [1.54, 1.807) is 12.1 Å². The molecular formula is C30H43F3N4O3. The highest BCUT2D eigenvalue weighted by Gasteiger charge is 2.47. The van der Waals surface area contributed by atoms with Crippen molar-refractivity contribution in [3.63, 3.8) is 0 Å². The SMILES string of the molecule is CCCN1CCN(C(=O)[C@H]2CC[C@H](CN3CC4(CCN(Cc5ccc(C(F)(F)F)cc5)CC4)OC3=O)CC2)CC1. The molecule has 1 aromatic rings. The molecule has 7 nitrogen and oxygen atoms in total. The summed E-state index contributed by atoms with van der Waals surface area (Å²) in [5.41, 5.74) is -0.254. The van der Waals surface area contributed by atoms with Gasteiger partial charge in [-0.3, -0.25) is 14.6 Å². The molecule has 3 heterocycles. The van der Waals surface area contributed by atoms with Gasteiger partial charge in [-0.2, -0.15) is 13.2 Å². The molecule has 4 aliphatic rings. The van der Waals surface area contributed by atoms with Gasteiger partial charge in [0.25, 0.3) is 0 Å². The highest BCUT2D eigenvalue weighted by molar-refractivity contribution is 5.79. The smallest absolute Gasteiger partial charge is 0.416 e. The number of piperazine rings is 1. The molecule has 0 atom stereocenters. The van der Waals surface area contributed by atoms with Crippen LogP contribution in [-0.4, -0.2) is 96.1 Å². The van der Waals surface area contributed by atoms with Gasteiger partial charge in [-0.25, -0.2) is 4.79 Å². The van der Waals surface area contributed by atoms with Crippen LogP contribution in [0.2, 0.25) is 0 Å². The standard InChI is InChI=1S/C30H43F3N4O3/c1-2-13-34-16-18-36(19-17-34)27(38)25-7-3-24(4-8-25)21-37-22-29(40-28(37)39)11-14-35(15-12-29)20-23-5-9-26(10-6-23)30(31,32)33/h5-6,9-10,24-25H,2-4,7-8,11-22H2,1H3/t24-,25-. The molecule has 0 N–H and O–H groups in total. The average Bonchev–Trinajstić information content (AvgIpc) is 3.24. The number of rotatable bonds is 7. The second-order valence-electron chi connectivity index (χ2n) is 12.3. The number of carbonyl (C=O) groups is 2. The fourth-order valence-electron chi connectivity index (χ4n) is 6.94. The molecule has 0 aromatic heterocycles. The Hall–Kier alpha value is -2.33. The molecule has 10 heteroatoms. The topological polar surface area (TPSA) is 56.3 Å². The van der Waals surface area contributed by atoms with Crippen LogP contribution >= 0.6 is 0 Å². The van der Waals surface area contributed by atoms with Gasteiger partial charge in [0.1, 0.15) is 5.60 Å². The van der Waals surface area contributed by atoms with E-state index in [0.717, 1.165) is 108 Å². The molecule has 222 valence electrons. The van der Waals surface area contributed by atoms with Gasteiger partial charge in [-0.05, 0) is 62.3 Å². The molecular weight excluding hydrogens is 521 g/mol. The summed E-state index contributed by atoms with van der Waals surface area (Å²) in [4.78, 5) is 34.5. The number of benzene rings is 1. The molecule has 0 bridgehead atoms. The molecule has 0 unspecified atom stereocenters. The number of halogens is 3. The first kappa shape index (κ1) is 29.2. The van der Waals surface area contributed by atoms with Crippen molar-refractivity contribution in [2.45, 2.75) is 70.2 Å².